The third-order valence-corrected chi connectivity index (χ3v) is 7.10. The average Bonchev–Trinajstić information content (AvgIpc) is 3.28. The summed E-state index contributed by atoms with van der Waals surface area (Å²) in [5.74, 6) is 0.427. The van der Waals surface area contributed by atoms with Gasteiger partial charge < -0.3 is 9.32 Å². The summed E-state index contributed by atoms with van der Waals surface area (Å²) < 4.78 is 6.45. The van der Waals surface area contributed by atoms with E-state index < -0.39 is 0 Å². The minimum absolute atomic E-state index is 0.119. The fourth-order valence-electron chi connectivity index (χ4n) is 5.93. The molecule has 27 heavy (non-hydrogen) atoms. The molecule has 2 unspecified atom stereocenters. The van der Waals surface area contributed by atoms with E-state index in [1.165, 1.54) is 33.2 Å². The van der Waals surface area contributed by atoms with Gasteiger partial charge in [0.25, 0.3) is 0 Å². The molecule has 0 N–H and O–H groups in total. The summed E-state index contributed by atoms with van der Waals surface area (Å²) >= 11 is 0. The van der Waals surface area contributed by atoms with Crippen LogP contribution in [-0.4, -0.2) is 12.6 Å². The molecular formula is C25H23NO. The van der Waals surface area contributed by atoms with Crippen LogP contribution in [0.3, 0.4) is 0 Å². The zero-order chi connectivity index (χ0) is 18.3. The number of furan rings is 1. The summed E-state index contributed by atoms with van der Waals surface area (Å²) in [5.41, 5.74) is 7.83. The third kappa shape index (κ3) is 1.76. The van der Waals surface area contributed by atoms with Crippen molar-refractivity contribution >= 4 is 27.6 Å². The second-order valence-electron chi connectivity index (χ2n) is 8.55. The highest BCUT2D eigenvalue weighted by molar-refractivity contribution is 6.06. The van der Waals surface area contributed by atoms with Gasteiger partial charge in [0.05, 0.1) is 0 Å². The first-order chi connectivity index (χ1) is 13.1. The molecule has 2 bridgehead atoms. The molecular weight excluding hydrogens is 330 g/mol. The number of hydrogen-bond acceptors (Lipinski definition) is 2. The van der Waals surface area contributed by atoms with Crippen LogP contribution in [0.4, 0.5) is 5.69 Å². The first-order valence-corrected chi connectivity index (χ1v) is 9.86. The molecule has 134 valence electrons. The van der Waals surface area contributed by atoms with Crippen LogP contribution >= 0.6 is 0 Å². The van der Waals surface area contributed by atoms with Crippen LogP contribution < -0.4 is 4.90 Å². The Morgan fingerprint density at radius 3 is 2.63 bits per heavy atom. The number of benzene rings is 3. The van der Waals surface area contributed by atoms with Crippen molar-refractivity contribution < 1.29 is 4.42 Å². The Labute approximate surface area is 159 Å². The molecule has 3 atom stereocenters. The number of para-hydroxylation sites is 2. The minimum Gasteiger partial charge on any atom is -0.456 e. The maximum atomic E-state index is 6.45. The van der Waals surface area contributed by atoms with Crippen LogP contribution in [0, 0.1) is 6.92 Å². The molecule has 0 spiro atoms. The molecule has 0 radical (unpaired) electrons. The van der Waals surface area contributed by atoms with Gasteiger partial charge >= 0.3 is 0 Å². The van der Waals surface area contributed by atoms with Gasteiger partial charge in [-0.3, -0.25) is 0 Å². The van der Waals surface area contributed by atoms with E-state index in [0.29, 0.717) is 12.0 Å². The molecule has 2 heteroatoms. The maximum Gasteiger partial charge on any atom is 0.139 e. The van der Waals surface area contributed by atoms with E-state index in [-0.39, 0.29) is 5.41 Å². The largest absolute Gasteiger partial charge is 0.456 e. The van der Waals surface area contributed by atoms with Crippen molar-refractivity contribution in [2.24, 2.45) is 0 Å². The molecule has 3 aromatic carbocycles. The summed E-state index contributed by atoms with van der Waals surface area (Å²) in [6, 6.07) is 22.3. The molecule has 1 aromatic heterocycles. The van der Waals surface area contributed by atoms with Crippen molar-refractivity contribution in [2.75, 3.05) is 11.4 Å². The predicted molar refractivity (Wildman–Crippen MR) is 112 cm³/mol. The SMILES string of the molecule is Cc1ccc2c(oc3ccccc32)c1C1[C@@H](C)N2CC1(C)c1ccccc12. The maximum absolute atomic E-state index is 6.45. The molecule has 2 nitrogen and oxygen atoms in total. The molecule has 2 aliphatic rings. The molecule has 2 aliphatic heterocycles. The lowest BCUT2D eigenvalue weighted by atomic mass is 9.67. The third-order valence-electron chi connectivity index (χ3n) is 7.10. The molecule has 0 amide bonds. The zero-order valence-electron chi connectivity index (χ0n) is 16.0. The second-order valence-corrected chi connectivity index (χ2v) is 8.55. The summed E-state index contributed by atoms with van der Waals surface area (Å²) in [4.78, 5) is 2.60. The number of anilines is 1. The van der Waals surface area contributed by atoms with E-state index in [0.717, 1.165) is 17.7 Å². The van der Waals surface area contributed by atoms with Gasteiger partial charge in [0.2, 0.25) is 0 Å². The first-order valence-electron chi connectivity index (χ1n) is 9.86. The van der Waals surface area contributed by atoms with Gasteiger partial charge in [-0.1, -0.05) is 55.5 Å². The minimum atomic E-state index is 0.119. The lowest BCUT2D eigenvalue weighted by Gasteiger charge is -2.38. The number of nitrogens with zero attached hydrogens (tertiary/aromatic N) is 1. The van der Waals surface area contributed by atoms with Crippen molar-refractivity contribution in [3.05, 3.63) is 77.4 Å². The lowest BCUT2D eigenvalue weighted by molar-refractivity contribution is 0.433. The standard InChI is InChI=1S/C25H23NO/c1-15-12-13-18-17-8-4-7-11-21(17)27-24(18)22(15)23-16(2)26-14-25(23,3)19-9-5-6-10-20(19)26/h4-13,16,23H,14H2,1-3H3/t16-,23?,25?/m1/s1. The first kappa shape index (κ1) is 15.3. The Hall–Kier alpha value is -2.74. The van der Waals surface area contributed by atoms with E-state index in [2.05, 4.69) is 86.3 Å². The Morgan fingerprint density at radius 1 is 0.963 bits per heavy atom. The molecule has 1 fully saturated rings. The van der Waals surface area contributed by atoms with Crippen LogP contribution in [0.25, 0.3) is 21.9 Å². The smallest absolute Gasteiger partial charge is 0.139 e. The van der Waals surface area contributed by atoms with Crippen molar-refractivity contribution in [2.45, 2.75) is 38.1 Å². The highest BCUT2D eigenvalue weighted by atomic mass is 16.3. The molecule has 4 aromatic rings. The Bertz CT molecular complexity index is 1220. The van der Waals surface area contributed by atoms with Crippen LogP contribution in [0.2, 0.25) is 0 Å². The second kappa shape index (κ2) is 4.95. The van der Waals surface area contributed by atoms with E-state index >= 15 is 0 Å². The zero-order valence-corrected chi connectivity index (χ0v) is 16.0. The fraction of sp³-hybridized carbons (Fsp3) is 0.280. The monoisotopic (exact) mass is 353 g/mol. The van der Waals surface area contributed by atoms with Crippen LogP contribution in [0.15, 0.2) is 65.1 Å². The van der Waals surface area contributed by atoms with Gasteiger partial charge in [-0.2, -0.15) is 0 Å². The van der Waals surface area contributed by atoms with E-state index in [1.54, 1.807) is 0 Å². The van der Waals surface area contributed by atoms with Gasteiger partial charge in [0.1, 0.15) is 11.2 Å². The van der Waals surface area contributed by atoms with Crippen LogP contribution in [-0.2, 0) is 5.41 Å². The highest BCUT2D eigenvalue weighted by Crippen LogP contribution is 2.59. The van der Waals surface area contributed by atoms with Crippen molar-refractivity contribution in [3.63, 3.8) is 0 Å². The highest BCUT2D eigenvalue weighted by Gasteiger charge is 2.56. The van der Waals surface area contributed by atoms with Crippen molar-refractivity contribution in [3.8, 4) is 0 Å². The Balaban J connectivity index is 1.66. The average molecular weight is 353 g/mol. The van der Waals surface area contributed by atoms with Gasteiger partial charge in [-0.15, -0.1) is 0 Å². The van der Waals surface area contributed by atoms with Crippen LogP contribution in [0.1, 0.15) is 36.5 Å². The number of aryl methyl sites for hydroxylation is 1. The van der Waals surface area contributed by atoms with Gasteiger partial charge in [-0.25, -0.2) is 0 Å². The predicted octanol–water partition coefficient (Wildman–Crippen LogP) is 6.16. The molecule has 6 rings (SSSR count). The Kier molecular flexibility index (Phi) is 2.81. The number of fused-ring (bicyclic) bond motifs is 8. The molecule has 0 saturated carbocycles. The van der Waals surface area contributed by atoms with Gasteiger partial charge in [0, 0.05) is 45.9 Å². The van der Waals surface area contributed by atoms with Gasteiger partial charge in [0.15, 0.2) is 0 Å². The summed E-state index contributed by atoms with van der Waals surface area (Å²) in [5, 5.41) is 2.46. The topological polar surface area (TPSA) is 16.4 Å². The van der Waals surface area contributed by atoms with E-state index in [9.17, 15) is 0 Å². The number of rotatable bonds is 1. The van der Waals surface area contributed by atoms with Gasteiger partial charge in [-0.05, 0) is 37.1 Å². The number of hydrogen-bond donors (Lipinski definition) is 0. The summed E-state index contributed by atoms with van der Waals surface area (Å²) in [7, 11) is 0. The molecule has 1 saturated heterocycles. The quantitative estimate of drug-likeness (QED) is 0.407. The fourth-order valence-corrected chi connectivity index (χ4v) is 5.93. The molecule has 0 aliphatic carbocycles. The van der Waals surface area contributed by atoms with E-state index in [1.807, 2.05) is 0 Å². The summed E-state index contributed by atoms with van der Waals surface area (Å²) in [6.07, 6.45) is 0. The summed E-state index contributed by atoms with van der Waals surface area (Å²) in [6.45, 7) is 8.16. The Morgan fingerprint density at radius 2 is 1.74 bits per heavy atom. The van der Waals surface area contributed by atoms with Crippen molar-refractivity contribution in [1.29, 1.82) is 0 Å². The normalized spacial score (nSPS) is 26.3. The van der Waals surface area contributed by atoms with Crippen LogP contribution in [0.5, 0.6) is 0 Å². The molecule has 3 heterocycles. The van der Waals surface area contributed by atoms with Crippen molar-refractivity contribution in [1.82, 2.24) is 0 Å². The van der Waals surface area contributed by atoms with E-state index in [4.69, 9.17) is 4.42 Å². The lowest BCUT2D eigenvalue weighted by Crippen LogP contribution is -2.35.